The number of hydrogen-bond acceptors (Lipinski definition) is 2. The van der Waals surface area contributed by atoms with Crippen molar-refractivity contribution in [3.63, 3.8) is 0 Å². The minimum atomic E-state index is 0.415. The molecular weight excluding hydrogens is 220 g/mol. The molecule has 98 valence electrons. The standard InChI is InChI=1S/C16H24N2/c1-4-11-18(14(2)3)13-16-8-5-7-15(12-16)9-6-10-17/h5,7-8,12,14H,4,10-11,13,17H2,1-3H3. The van der Waals surface area contributed by atoms with Crippen LogP contribution in [0.1, 0.15) is 38.3 Å². The van der Waals surface area contributed by atoms with Gasteiger partial charge in [-0.2, -0.15) is 0 Å². The van der Waals surface area contributed by atoms with Crippen molar-refractivity contribution < 1.29 is 0 Å². The lowest BCUT2D eigenvalue weighted by molar-refractivity contribution is 0.213. The van der Waals surface area contributed by atoms with Crippen LogP contribution >= 0.6 is 0 Å². The number of benzene rings is 1. The Balaban J connectivity index is 2.76. The van der Waals surface area contributed by atoms with Crippen molar-refractivity contribution in [2.24, 2.45) is 5.73 Å². The molecule has 2 N–H and O–H groups in total. The average Bonchev–Trinajstić information content (AvgIpc) is 2.36. The van der Waals surface area contributed by atoms with Gasteiger partial charge in [-0.15, -0.1) is 0 Å². The lowest BCUT2D eigenvalue weighted by Crippen LogP contribution is -2.31. The first-order chi connectivity index (χ1) is 8.67. The summed E-state index contributed by atoms with van der Waals surface area (Å²) in [5, 5.41) is 0. The topological polar surface area (TPSA) is 29.3 Å². The minimum absolute atomic E-state index is 0.415. The number of hydrogen-bond donors (Lipinski definition) is 1. The zero-order valence-electron chi connectivity index (χ0n) is 11.7. The summed E-state index contributed by atoms with van der Waals surface area (Å²) in [6, 6.07) is 9.00. The van der Waals surface area contributed by atoms with Gasteiger partial charge in [0.25, 0.3) is 0 Å². The molecule has 1 aromatic rings. The minimum Gasteiger partial charge on any atom is -0.320 e. The number of rotatable bonds is 5. The monoisotopic (exact) mass is 244 g/mol. The van der Waals surface area contributed by atoms with E-state index in [1.54, 1.807) is 0 Å². The van der Waals surface area contributed by atoms with E-state index in [2.05, 4.69) is 55.7 Å². The summed E-state index contributed by atoms with van der Waals surface area (Å²) < 4.78 is 0. The molecule has 0 unspecified atom stereocenters. The zero-order valence-corrected chi connectivity index (χ0v) is 11.7. The maximum Gasteiger partial charge on any atom is 0.0555 e. The van der Waals surface area contributed by atoms with Crippen molar-refractivity contribution in [1.82, 2.24) is 4.90 Å². The van der Waals surface area contributed by atoms with Gasteiger partial charge in [0.05, 0.1) is 6.54 Å². The fourth-order valence-corrected chi connectivity index (χ4v) is 1.94. The van der Waals surface area contributed by atoms with Gasteiger partial charge in [-0.3, -0.25) is 4.90 Å². The first-order valence-electron chi connectivity index (χ1n) is 6.69. The van der Waals surface area contributed by atoms with Crippen molar-refractivity contribution >= 4 is 0 Å². The molecule has 0 fully saturated rings. The Kier molecular flexibility index (Phi) is 6.49. The van der Waals surface area contributed by atoms with Crippen LogP contribution in [0.5, 0.6) is 0 Å². The fourth-order valence-electron chi connectivity index (χ4n) is 1.94. The van der Waals surface area contributed by atoms with E-state index >= 15 is 0 Å². The third-order valence-corrected chi connectivity index (χ3v) is 2.89. The van der Waals surface area contributed by atoms with E-state index in [1.807, 2.05) is 6.07 Å². The Hall–Kier alpha value is -1.30. The van der Waals surface area contributed by atoms with E-state index < -0.39 is 0 Å². The molecule has 18 heavy (non-hydrogen) atoms. The summed E-state index contributed by atoms with van der Waals surface area (Å²) in [6.45, 7) is 9.25. The molecule has 0 heterocycles. The van der Waals surface area contributed by atoms with E-state index in [1.165, 1.54) is 12.0 Å². The molecule has 0 aliphatic heterocycles. The molecule has 2 heteroatoms. The van der Waals surface area contributed by atoms with Crippen molar-refractivity contribution in [2.45, 2.75) is 39.8 Å². The van der Waals surface area contributed by atoms with Crippen molar-refractivity contribution in [1.29, 1.82) is 0 Å². The predicted octanol–water partition coefficient (Wildman–Crippen LogP) is 2.62. The number of nitrogens with two attached hydrogens (primary N) is 1. The highest BCUT2D eigenvalue weighted by Crippen LogP contribution is 2.10. The molecule has 0 aliphatic carbocycles. The fraction of sp³-hybridized carbons (Fsp3) is 0.500. The molecule has 0 saturated carbocycles. The molecule has 0 saturated heterocycles. The van der Waals surface area contributed by atoms with Crippen LogP contribution in [0.4, 0.5) is 0 Å². The van der Waals surface area contributed by atoms with Gasteiger partial charge < -0.3 is 5.73 Å². The Bertz CT molecular complexity index is 413. The van der Waals surface area contributed by atoms with Gasteiger partial charge in [-0.1, -0.05) is 30.9 Å². The zero-order chi connectivity index (χ0) is 13.4. The summed E-state index contributed by atoms with van der Waals surface area (Å²) in [5.74, 6) is 5.98. The van der Waals surface area contributed by atoms with Crippen LogP contribution in [0.2, 0.25) is 0 Å². The van der Waals surface area contributed by atoms with Crippen LogP contribution in [-0.4, -0.2) is 24.0 Å². The van der Waals surface area contributed by atoms with Crippen molar-refractivity contribution in [2.75, 3.05) is 13.1 Å². The molecule has 2 nitrogen and oxygen atoms in total. The molecule has 0 aliphatic rings. The highest BCUT2D eigenvalue weighted by molar-refractivity contribution is 5.37. The van der Waals surface area contributed by atoms with Crippen LogP contribution in [-0.2, 0) is 6.54 Å². The molecule has 0 amide bonds. The van der Waals surface area contributed by atoms with Gasteiger partial charge >= 0.3 is 0 Å². The number of nitrogens with zero attached hydrogens (tertiary/aromatic N) is 1. The Morgan fingerprint density at radius 2 is 2.11 bits per heavy atom. The highest BCUT2D eigenvalue weighted by atomic mass is 15.1. The van der Waals surface area contributed by atoms with Crippen LogP contribution in [0.25, 0.3) is 0 Å². The van der Waals surface area contributed by atoms with Crippen LogP contribution in [0.3, 0.4) is 0 Å². The van der Waals surface area contributed by atoms with E-state index in [9.17, 15) is 0 Å². The Morgan fingerprint density at radius 1 is 1.33 bits per heavy atom. The molecule has 1 rings (SSSR count). The average molecular weight is 244 g/mol. The second-order valence-corrected chi connectivity index (χ2v) is 4.77. The summed E-state index contributed by atoms with van der Waals surface area (Å²) in [6.07, 6.45) is 1.19. The van der Waals surface area contributed by atoms with E-state index in [0.717, 1.165) is 18.7 Å². The lowest BCUT2D eigenvalue weighted by atomic mass is 10.1. The molecule has 0 atom stereocenters. The molecule has 0 bridgehead atoms. The third-order valence-electron chi connectivity index (χ3n) is 2.89. The van der Waals surface area contributed by atoms with Crippen LogP contribution in [0, 0.1) is 11.8 Å². The first-order valence-corrected chi connectivity index (χ1v) is 6.69. The normalized spacial score (nSPS) is 10.6. The second-order valence-electron chi connectivity index (χ2n) is 4.77. The smallest absolute Gasteiger partial charge is 0.0555 e. The molecule has 0 aromatic heterocycles. The first kappa shape index (κ1) is 14.8. The SMILES string of the molecule is CCCN(Cc1cccc(C#CCN)c1)C(C)C. The summed E-state index contributed by atoms with van der Waals surface area (Å²) >= 11 is 0. The predicted molar refractivity (Wildman–Crippen MR) is 78.2 cm³/mol. The van der Waals surface area contributed by atoms with E-state index in [4.69, 9.17) is 5.73 Å². The van der Waals surface area contributed by atoms with Crippen LogP contribution < -0.4 is 5.73 Å². The molecule has 0 spiro atoms. The third kappa shape index (κ3) is 4.91. The second kappa shape index (κ2) is 7.92. The van der Waals surface area contributed by atoms with Gasteiger partial charge in [-0.05, 0) is 44.5 Å². The lowest BCUT2D eigenvalue weighted by Gasteiger charge is -2.26. The van der Waals surface area contributed by atoms with Gasteiger partial charge in [0.2, 0.25) is 0 Å². The summed E-state index contributed by atoms with van der Waals surface area (Å²) in [7, 11) is 0. The van der Waals surface area contributed by atoms with Gasteiger partial charge in [0, 0.05) is 18.2 Å². The largest absolute Gasteiger partial charge is 0.320 e. The maximum absolute atomic E-state index is 5.39. The Morgan fingerprint density at radius 3 is 2.72 bits per heavy atom. The van der Waals surface area contributed by atoms with E-state index in [-0.39, 0.29) is 0 Å². The van der Waals surface area contributed by atoms with Gasteiger partial charge in [-0.25, -0.2) is 0 Å². The summed E-state index contributed by atoms with van der Waals surface area (Å²) in [4.78, 5) is 2.48. The van der Waals surface area contributed by atoms with Crippen molar-refractivity contribution in [3.8, 4) is 11.8 Å². The summed E-state index contributed by atoms with van der Waals surface area (Å²) in [5.41, 5.74) is 7.77. The molecule has 1 aromatic carbocycles. The van der Waals surface area contributed by atoms with Gasteiger partial charge in [0.1, 0.15) is 0 Å². The highest BCUT2D eigenvalue weighted by Gasteiger charge is 2.08. The maximum atomic E-state index is 5.39. The Labute approximate surface area is 111 Å². The van der Waals surface area contributed by atoms with Crippen LogP contribution in [0.15, 0.2) is 24.3 Å². The van der Waals surface area contributed by atoms with Gasteiger partial charge in [0.15, 0.2) is 0 Å². The molecular formula is C16H24N2. The molecule has 0 radical (unpaired) electrons. The quantitative estimate of drug-likeness (QED) is 0.807. The van der Waals surface area contributed by atoms with E-state index in [0.29, 0.717) is 12.6 Å². The van der Waals surface area contributed by atoms with Crippen molar-refractivity contribution in [3.05, 3.63) is 35.4 Å².